The molecule has 0 amide bonds. The maximum atomic E-state index is 12.8. The van der Waals surface area contributed by atoms with Crippen LogP contribution in [0, 0.1) is 5.92 Å². The Morgan fingerprint density at radius 1 is 1.28 bits per heavy atom. The number of H-pyrrole nitrogens is 1. The highest BCUT2D eigenvalue weighted by Gasteiger charge is 2.38. The van der Waals surface area contributed by atoms with Crippen LogP contribution in [0.2, 0.25) is 0 Å². The van der Waals surface area contributed by atoms with E-state index in [1.54, 1.807) is 18.4 Å². The number of hydrogen-bond acceptors (Lipinski definition) is 7. The van der Waals surface area contributed by atoms with E-state index in [1.165, 1.54) is 0 Å². The fourth-order valence-corrected chi connectivity index (χ4v) is 4.80. The number of ether oxygens (including phenoxy) is 2. The summed E-state index contributed by atoms with van der Waals surface area (Å²) in [5, 5.41) is 13.1. The normalized spacial score (nSPS) is 18.6. The van der Waals surface area contributed by atoms with Gasteiger partial charge in [-0.05, 0) is 60.9 Å². The number of rotatable bonds is 10. The molecule has 36 heavy (non-hydrogen) atoms. The van der Waals surface area contributed by atoms with Crippen molar-refractivity contribution in [1.82, 2.24) is 15.0 Å². The van der Waals surface area contributed by atoms with Gasteiger partial charge in [0, 0.05) is 5.69 Å². The highest BCUT2D eigenvalue weighted by molar-refractivity contribution is 5.79. The predicted octanol–water partition coefficient (Wildman–Crippen LogP) is 4.90. The standard InChI is InChI=1S/C26H33N7O3/c1-4-36-26(34)21-7-5-6-8-24(21)33(32-31-27)17(2)25(18-9-12-20(35-3)13-10-18)30-19-11-14-22-23(15-19)29-16-28-22/h9-16,21,24-25,30H,2,4-8H2,1,3H3,(H2,27,32)(H,28,29). The van der Waals surface area contributed by atoms with Crippen LogP contribution in [-0.4, -0.2) is 40.7 Å². The third-order valence-electron chi connectivity index (χ3n) is 6.59. The van der Waals surface area contributed by atoms with E-state index in [0.717, 1.165) is 47.3 Å². The highest BCUT2D eigenvalue weighted by Crippen LogP contribution is 2.37. The topological polar surface area (TPSA) is 130 Å². The van der Waals surface area contributed by atoms with Gasteiger partial charge in [-0.1, -0.05) is 36.8 Å². The van der Waals surface area contributed by atoms with Gasteiger partial charge in [0.2, 0.25) is 0 Å². The lowest BCUT2D eigenvalue weighted by Gasteiger charge is -2.39. The molecule has 3 aromatic rings. The maximum Gasteiger partial charge on any atom is 0.311 e. The Labute approximate surface area is 210 Å². The Bertz CT molecular complexity index is 1210. The van der Waals surface area contributed by atoms with Crippen molar-refractivity contribution in [2.24, 2.45) is 22.2 Å². The summed E-state index contributed by atoms with van der Waals surface area (Å²) >= 11 is 0. The fourth-order valence-electron chi connectivity index (χ4n) is 4.80. The number of methoxy groups -OCH3 is 1. The van der Waals surface area contributed by atoms with Crippen LogP contribution in [0.3, 0.4) is 0 Å². The number of carbonyl (C=O) groups is 1. The molecule has 2 aromatic carbocycles. The number of anilines is 1. The molecule has 1 aromatic heterocycles. The number of esters is 1. The van der Waals surface area contributed by atoms with Gasteiger partial charge in [0.25, 0.3) is 0 Å². The largest absolute Gasteiger partial charge is 0.497 e. The molecule has 1 saturated carbocycles. The summed E-state index contributed by atoms with van der Waals surface area (Å²) in [4.78, 5) is 20.3. The first-order valence-electron chi connectivity index (χ1n) is 12.1. The molecule has 4 N–H and O–H groups in total. The third-order valence-corrected chi connectivity index (χ3v) is 6.59. The molecular weight excluding hydrogens is 458 g/mol. The Kier molecular flexibility index (Phi) is 8.04. The number of carbonyl (C=O) groups excluding carboxylic acids is 1. The molecule has 1 heterocycles. The van der Waals surface area contributed by atoms with Crippen molar-refractivity contribution in [2.45, 2.75) is 44.7 Å². The Morgan fingerprint density at radius 2 is 2.06 bits per heavy atom. The van der Waals surface area contributed by atoms with Crippen LogP contribution >= 0.6 is 0 Å². The van der Waals surface area contributed by atoms with Crippen molar-refractivity contribution in [2.75, 3.05) is 19.0 Å². The quantitative estimate of drug-likeness (QED) is 0.159. The van der Waals surface area contributed by atoms with Crippen molar-refractivity contribution in [3.63, 3.8) is 0 Å². The summed E-state index contributed by atoms with van der Waals surface area (Å²) in [5.41, 5.74) is 4.18. The predicted molar refractivity (Wildman–Crippen MR) is 138 cm³/mol. The molecule has 0 spiro atoms. The Hall–Kier alpha value is -4.08. The smallest absolute Gasteiger partial charge is 0.311 e. The van der Waals surface area contributed by atoms with Crippen LogP contribution in [0.4, 0.5) is 5.69 Å². The summed E-state index contributed by atoms with van der Waals surface area (Å²) in [6.45, 7) is 6.54. The van der Waals surface area contributed by atoms with E-state index >= 15 is 0 Å². The van der Waals surface area contributed by atoms with Crippen molar-refractivity contribution in [3.05, 3.63) is 66.6 Å². The van der Waals surface area contributed by atoms with Crippen molar-refractivity contribution in [1.29, 1.82) is 0 Å². The number of nitrogens with two attached hydrogens (primary N) is 1. The van der Waals surface area contributed by atoms with Crippen LogP contribution in [0.5, 0.6) is 5.75 Å². The number of benzene rings is 2. The summed E-state index contributed by atoms with van der Waals surface area (Å²) in [6.07, 6.45) is 5.03. The Morgan fingerprint density at radius 3 is 2.78 bits per heavy atom. The minimum absolute atomic E-state index is 0.231. The van der Waals surface area contributed by atoms with Gasteiger partial charge in [-0.3, -0.25) is 4.79 Å². The molecule has 1 fully saturated rings. The van der Waals surface area contributed by atoms with Crippen molar-refractivity contribution >= 4 is 22.7 Å². The van der Waals surface area contributed by atoms with Crippen LogP contribution in [0.25, 0.3) is 11.0 Å². The molecule has 10 nitrogen and oxygen atoms in total. The van der Waals surface area contributed by atoms with Gasteiger partial charge in [-0.25, -0.2) is 9.99 Å². The second-order valence-corrected chi connectivity index (χ2v) is 8.74. The van der Waals surface area contributed by atoms with Gasteiger partial charge in [-0.2, -0.15) is 0 Å². The number of hydrogen-bond donors (Lipinski definition) is 3. The van der Waals surface area contributed by atoms with E-state index in [-0.39, 0.29) is 17.9 Å². The van der Waals surface area contributed by atoms with E-state index in [9.17, 15) is 4.79 Å². The van der Waals surface area contributed by atoms with E-state index < -0.39 is 6.04 Å². The zero-order chi connectivity index (χ0) is 25.5. The van der Waals surface area contributed by atoms with Gasteiger partial charge in [0.1, 0.15) is 5.75 Å². The minimum Gasteiger partial charge on any atom is -0.497 e. The van der Waals surface area contributed by atoms with E-state index in [2.05, 4.69) is 32.3 Å². The van der Waals surface area contributed by atoms with E-state index in [1.807, 2.05) is 49.4 Å². The molecule has 1 aliphatic carbocycles. The number of imidazole rings is 1. The average Bonchev–Trinajstić information content (AvgIpc) is 3.38. The lowest BCUT2D eigenvalue weighted by molar-refractivity contribution is -0.151. The number of aromatic amines is 1. The summed E-state index contributed by atoms with van der Waals surface area (Å²) in [6, 6.07) is 13.0. The summed E-state index contributed by atoms with van der Waals surface area (Å²) < 4.78 is 10.7. The molecule has 190 valence electrons. The highest BCUT2D eigenvalue weighted by atomic mass is 16.5. The summed E-state index contributed by atoms with van der Waals surface area (Å²) in [5.74, 6) is 5.71. The molecule has 3 atom stereocenters. The number of aromatic nitrogens is 2. The molecular formula is C26H33N7O3. The molecule has 0 bridgehead atoms. The van der Waals surface area contributed by atoms with Gasteiger partial charge in [-0.15, -0.1) is 0 Å². The monoisotopic (exact) mass is 491 g/mol. The second-order valence-electron chi connectivity index (χ2n) is 8.74. The molecule has 0 saturated heterocycles. The van der Waals surface area contributed by atoms with E-state index in [0.29, 0.717) is 18.7 Å². The molecule has 4 rings (SSSR count). The van der Waals surface area contributed by atoms with Gasteiger partial charge in [0.05, 0.1) is 54.8 Å². The number of nitrogens with one attached hydrogen (secondary N) is 2. The van der Waals surface area contributed by atoms with Crippen LogP contribution in [-0.2, 0) is 9.53 Å². The molecule has 1 aliphatic rings. The average molecular weight is 492 g/mol. The number of nitrogens with zero attached hydrogens (tertiary/aromatic N) is 4. The van der Waals surface area contributed by atoms with Crippen LogP contribution in [0.1, 0.15) is 44.2 Å². The van der Waals surface area contributed by atoms with Gasteiger partial charge >= 0.3 is 5.97 Å². The summed E-state index contributed by atoms with van der Waals surface area (Å²) in [7, 11) is 1.63. The molecule has 0 aliphatic heterocycles. The van der Waals surface area contributed by atoms with Crippen LogP contribution in [0.15, 0.2) is 71.5 Å². The zero-order valence-corrected chi connectivity index (χ0v) is 20.7. The number of fused-ring (bicyclic) bond motifs is 1. The third kappa shape index (κ3) is 5.42. The van der Waals surface area contributed by atoms with Crippen molar-refractivity contribution < 1.29 is 14.3 Å². The van der Waals surface area contributed by atoms with E-state index in [4.69, 9.17) is 15.3 Å². The zero-order valence-electron chi connectivity index (χ0n) is 20.7. The van der Waals surface area contributed by atoms with Crippen molar-refractivity contribution in [3.8, 4) is 5.75 Å². The SMILES string of the molecule is C=C(C(Nc1ccc2[nH]cnc2c1)c1ccc(OC)cc1)N(/N=N\N)C1CCCCC1C(=O)OCC. The maximum absolute atomic E-state index is 12.8. The Balaban J connectivity index is 1.70. The first-order valence-corrected chi connectivity index (χ1v) is 12.1. The first-order chi connectivity index (χ1) is 17.5. The lowest BCUT2D eigenvalue weighted by atomic mass is 9.83. The minimum atomic E-state index is -0.400. The van der Waals surface area contributed by atoms with Gasteiger partial charge in [0.15, 0.2) is 0 Å². The molecule has 10 heteroatoms. The van der Waals surface area contributed by atoms with Crippen LogP contribution < -0.4 is 15.9 Å². The molecule has 3 unspecified atom stereocenters. The first kappa shape index (κ1) is 25.0. The fraction of sp³-hybridized carbons (Fsp3) is 0.385. The molecule has 0 radical (unpaired) electrons. The second kappa shape index (κ2) is 11.6. The van der Waals surface area contributed by atoms with Gasteiger partial charge < -0.3 is 25.6 Å². The lowest BCUT2D eigenvalue weighted by Crippen LogP contribution is -2.44.